The molecule has 0 aliphatic rings. The largest absolute Gasteiger partial charge is 0.416 e. The second-order valence-corrected chi connectivity index (χ2v) is 2.36. The molecule has 0 saturated heterocycles. The van der Waals surface area contributed by atoms with E-state index in [4.69, 9.17) is 10.6 Å². The lowest BCUT2D eigenvalue weighted by Crippen LogP contribution is -2.29. The van der Waals surface area contributed by atoms with Crippen LogP contribution in [0.25, 0.3) is 0 Å². The summed E-state index contributed by atoms with van der Waals surface area (Å²) < 4.78 is 4.57. The molecule has 0 radical (unpaired) electrons. The van der Waals surface area contributed by atoms with Crippen molar-refractivity contribution in [2.75, 3.05) is 6.54 Å². The van der Waals surface area contributed by atoms with Crippen molar-refractivity contribution in [3.05, 3.63) is 12.3 Å². The quantitative estimate of drug-likeness (QED) is 0.224. The molecule has 6 heteroatoms. The maximum atomic E-state index is 10.8. The molecule has 0 aromatic heterocycles. The van der Waals surface area contributed by atoms with Gasteiger partial charge in [-0.05, 0) is 6.92 Å². The number of amidine groups is 1. The summed E-state index contributed by atoms with van der Waals surface area (Å²) in [4.78, 5) is 10.8. The number of nitrogens with one attached hydrogen (secondary N) is 3. The normalized spacial score (nSPS) is 8.77. The molecule has 0 unspecified atom stereocenters. The Kier molecular flexibility index (Phi) is 5.29. The van der Waals surface area contributed by atoms with Crippen LogP contribution in [-0.2, 0) is 4.74 Å². The van der Waals surface area contributed by atoms with E-state index in [1.807, 2.05) is 0 Å². The van der Waals surface area contributed by atoms with Gasteiger partial charge in [-0.15, -0.1) is 0 Å². The summed E-state index contributed by atoms with van der Waals surface area (Å²) in [5, 5.41) is 17.5. The first-order valence-electron chi connectivity index (χ1n) is 3.65. The van der Waals surface area contributed by atoms with E-state index >= 15 is 0 Å². The lowest BCUT2D eigenvalue weighted by Gasteiger charge is -2.05. The topological polar surface area (TPSA) is 94.4 Å². The van der Waals surface area contributed by atoms with Crippen molar-refractivity contribution in [1.82, 2.24) is 10.8 Å². The number of carbonyl (C=O) groups is 1. The van der Waals surface area contributed by atoms with E-state index in [0.717, 1.165) is 0 Å². The first-order chi connectivity index (χ1) is 6.06. The summed E-state index contributed by atoms with van der Waals surface area (Å²) in [7, 11) is 0. The lowest BCUT2D eigenvalue weighted by molar-refractivity contribution is 0.176. The Morgan fingerprint density at radius 1 is 1.69 bits per heavy atom. The zero-order chi connectivity index (χ0) is 10.3. The number of amides is 1. The van der Waals surface area contributed by atoms with Gasteiger partial charge in [-0.2, -0.15) is 0 Å². The van der Waals surface area contributed by atoms with Crippen molar-refractivity contribution in [1.29, 1.82) is 5.41 Å². The van der Waals surface area contributed by atoms with E-state index in [2.05, 4.69) is 16.6 Å². The Bertz CT molecular complexity index is 215. The third-order valence-electron chi connectivity index (χ3n) is 1.05. The summed E-state index contributed by atoms with van der Waals surface area (Å²) in [5.74, 6) is 0.225. The minimum atomic E-state index is -0.613. The highest BCUT2D eigenvalue weighted by molar-refractivity contribution is 5.78. The lowest BCUT2D eigenvalue weighted by atomic mass is 10.4. The molecule has 4 N–H and O–H groups in total. The molecule has 0 atom stereocenters. The zero-order valence-corrected chi connectivity index (χ0v) is 7.39. The van der Waals surface area contributed by atoms with Gasteiger partial charge in [-0.25, -0.2) is 4.79 Å². The molecule has 0 aromatic carbocycles. The van der Waals surface area contributed by atoms with E-state index in [1.54, 1.807) is 12.4 Å². The van der Waals surface area contributed by atoms with Gasteiger partial charge in [0.05, 0.1) is 5.76 Å². The summed E-state index contributed by atoms with van der Waals surface area (Å²) in [6.45, 7) is 5.15. The first kappa shape index (κ1) is 11.4. The Hall–Kier alpha value is -1.56. The van der Waals surface area contributed by atoms with Crippen molar-refractivity contribution >= 4 is 11.9 Å². The second-order valence-electron chi connectivity index (χ2n) is 2.36. The van der Waals surface area contributed by atoms with Gasteiger partial charge in [0.2, 0.25) is 0 Å². The van der Waals surface area contributed by atoms with Crippen molar-refractivity contribution in [2.24, 2.45) is 0 Å². The molecular formula is C7H13N3O3. The van der Waals surface area contributed by atoms with Gasteiger partial charge in [0.1, 0.15) is 5.84 Å². The SMILES string of the molecule is C=C(C)OC(=O)NCCC(=N)NO. The molecule has 0 fully saturated rings. The highest BCUT2D eigenvalue weighted by atomic mass is 16.6. The van der Waals surface area contributed by atoms with Crippen molar-refractivity contribution in [3.8, 4) is 0 Å². The molecule has 0 spiro atoms. The van der Waals surface area contributed by atoms with Gasteiger partial charge in [-0.1, -0.05) is 6.58 Å². The number of ether oxygens (including phenoxy) is 1. The summed E-state index contributed by atoms with van der Waals surface area (Å²) in [6, 6.07) is 0. The molecule has 0 aliphatic heterocycles. The van der Waals surface area contributed by atoms with Gasteiger partial charge < -0.3 is 10.1 Å². The van der Waals surface area contributed by atoms with Crippen LogP contribution in [0.5, 0.6) is 0 Å². The van der Waals surface area contributed by atoms with Crippen LogP contribution in [0.1, 0.15) is 13.3 Å². The molecule has 74 valence electrons. The summed E-state index contributed by atoms with van der Waals surface area (Å²) in [5.41, 5.74) is 1.65. The van der Waals surface area contributed by atoms with Crippen molar-refractivity contribution in [3.63, 3.8) is 0 Å². The third-order valence-corrected chi connectivity index (χ3v) is 1.05. The maximum Gasteiger partial charge on any atom is 0.412 e. The number of alkyl carbamates (subject to hydrolysis) is 1. The number of hydrogen-bond acceptors (Lipinski definition) is 4. The highest BCUT2D eigenvalue weighted by Gasteiger charge is 2.01. The zero-order valence-electron chi connectivity index (χ0n) is 7.39. The van der Waals surface area contributed by atoms with Crippen LogP contribution < -0.4 is 10.8 Å². The standard InChI is InChI=1S/C7H13N3O3/c1-5(2)13-7(11)9-4-3-6(8)10-12/h12H,1,3-4H2,2H3,(H2,8,10)(H,9,11). The van der Waals surface area contributed by atoms with Crippen LogP contribution in [0.4, 0.5) is 4.79 Å². The molecule has 0 saturated carbocycles. The van der Waals surface area contributed by atoms with E-state index in [1.165, 1.54) is 0 Å². The van der Waals surface area contributed by atoms with Crippen LogP contribution >= 0.6 is 0 Å². The summed E-state index contributed by atoms with van der Waals surface area (Å²) >= 11 is 0. The molecule has 6 nitrogen and oxygen atoms in total. The molecule has 0 aromatic rings. The molecule has 0 aliphatic carbocycles. The number of allylic oxidation sites excluding steroid dienone is 1. The smallest absolute Gasteiger partial charge is 0.412 e. The number of hydrogen-bond donors (Lipinski definition) is 4. The first-order valence-corrected chi connectivity index (χ1v) is 3.65. The average molecular weight is 187 g/mol. The Morgan fingerprint density at radius 3 is 2.77 bits per heavy atom. The van der Waals surface area contributed by atoms with Crippen LogP contribution in [-0.4, -0.2) is 23.7 Å². The van der Waals surface area contributed by atoms with Crippen molar-refractivity contribution < 1.29 is 14.7 Å². The number of hydroxylamine groups is 1. The molecule has 0 bridgehead atoms. The monoisotopic (exact) mass is 187 g/mol. The fourth-order valence-electron chi connectivity index (χ4n) is 0.540. The minimum Gasteiger partial charge on any atom is -0.416 e. The van der Waals surface area contributed by atoms with E-state index in [0.29, 0.717) is 5.76 Å². The van der Waals surface area contributed by atoms with Crippen LogP contribution in [0.2, 0.25) is 0 Å². The molecule has 0 rings (SSSR count). The molecule has 13 heavy (non-hydrogen) atoms. The number of carbonyl (C=O) groups excluding carboxylic acids is 1. The molecule has 1 amide bonds. The van der Waals surface area contributed by atoms with E-state index < -0.39 is 6.09 Å². The fraction of sp³-hybridized carbons (Fsp3) is 0.429. The van der Waals surface area contributed by atoms with Crippen LogP contribution in [0.3, 0.4) is 0 Å². The maximum absolute atomic E-state index is 10.8. The van der Waals surface area contributed by atoms with Crippen LogP contribution in [0.15, 0.2) is 12.3 Å². The van der Waals surface area contributed by atoms with E-state index in [9.17, 15) is 4.79 Å². The fourth-order valence-corrected chi connectivity index (χ4v) is 0.540. The predicted octanol–water partition coefficient (Wildman–Crippen LogP) is 0.592. The second kappa shape index (κ2) is 6.01. The average Bonchev–Trinajstić information content (AvgIpc) is 2.02. The van der Waals surface area contributed by atoms with Gasteiger partial charge in [-0.3, -0.25) is 16.1 Å². The minimum absolute atomic E-state index is 0.0735. The summed E-state index contributed by atoms with van der Waals surface area (Å²) in [6.07, 6.45) is -0.403. The molecular weight excluding hydrogens is 174 g/mol. The predicted molar refractivity (Wildman–Crippen MR) is 46.6 cm³/mol. The Balaban J connectivity index is 3.48. The van der Waals surface area contributed by atoms with Gasteiger partial charge in [0.15, 0.2) is 0 Å². The van der Waals surface area contributed by atoms with Crippen LogP contribution in [0, 0.1) is 5.41 Å². The molecule has 0 heterocycles. The Morgan fingerprint density at radius 2 is 2.31 bits per heavy atom. The van der Waals surface area contributed by atoms with Gasteiger partial charge in [0.25, 0.3) is 0 Å². The van der Waals surface area contributed by atoms with Gasteiger partial charge >= 0.3 is 6.09 Å². The Labute approximate surface area is 76.0 Å². The van der Waals surface area contributed by atoms with Crippen molar-refractivity contribution in [2.45, 2.75) is 13.3 Å². The highest BCUT2D eigenvalue weighted by Crippen LogP contribution is 1.90. The van der Waals surface area contributed by atoms with E-state index in [-0.39, 0.29) is 18.8 Å². The van der Waals surface area contributed by atoms with Gasteiger partial charge in [0, 0.05) is 13.0 Å². The third kappa shape index (κ3) is 6.82. The number of rotatable bonds is 4.